The van der Waals surface area contributed by atoms with Crippen LogP contribution >= 0.6 is 0 Å². The average molecular weight is 395 g/mol. The normalized spacial score (nSPS) is 13.5. The SMILES string of the molecule is CC(C)CC(NCC(C(=O)O)c1cncn1Cc1cccc(F)c1F)C(=O)O. The molecule has 0 spiro atoms. The number of nitrogens with zero attached hydrogens (tertiary/aromatic N) is 2. The molecule has 0 aliphatic rings. The quantitative estimate of drug-likeness (QED) is 0.571. The average Bonchev–Trinajstić information content (AvgIpc) is 3.05. The Morgan fingerprint density at radius 1 is 1.21 bits per heavy atom. The summed E-state index contributed by atoms with van der Waals surface area (Å²) < 4.78 is 28.8. The van der Waals surface area contributed by atoms with Crippen LogP contribution in [0.1, 0.15) is 37.4 Å². The van der Waals surface area contributed by atoms with Gasteiger partial charge in [0.05, 0.1) is 18.6 Å². The Morgan fingerprint density at radius 3 is 2.54 bits per heavy atom. The molecule has 2 aromatic rings. The van der Waals surface area contributed by atoms with Crippen molar-refractivity contribution in [3.8, 4) is 0 Å². The summed E-state index contributed by atoms with van der Waals surface area (Å²) in [5.74, 6) is -5.23. The molecule has 1 aromatic heterocycles. The molecule has 0 fully saturated rings. The van der Waals surface area contributed by atoms with E-state index in [2.05, 4.69) is 10.3 Å². The molecular formula is C19H23F2N3O4. The molecule has 0 saturated carbocycles. The van der Waals surface area contributed by atoms with Gasteiger partial charge in [-0.2, -0.15) is 0 Å². The fraction of sp³-hybridized carbons (Fsp3) is 0.421. The Balaban J connectivity index is 2.21. The van der Waals surface area contributed by atoms with Crippen molar-refractivity contribution >= 4 is 11.9 Å². The van der Waals surface area contributed by atoms with Gasteiger partial charge in [0.25, 0.3) is 0 Å². The van der Waals surface area contributed by atoms with E-state index in [0.29, 0.717) is 6.42 Å². The molecule has 9 heteroatoms. The van der Waals surface area contributed by atoms with Crippen LogP contribution < -0.4 is 5.32 Å². The third kappa shape index (κ3) is 5.35. The van der Waals surface area contributed by atoms with Gasteiger partial charge in [0, 0.05) is 18.3 Å². The smallest absolute Gasteiger partial charge is 0.320 e. The second-order valence-corrected chi connectivity index (χ2v) is 6.98. The summed E-state index contributed by atoms with van der Waals surface area (Å²) in [7, 11) is 0. The molecule has 1 aromatic carbocycles. The van der Waals surface area contributed by atoms with Gasteiger partial charge < -0.3 is 20.1 Å². The summed E-state index contributed by atoms with van der Waals surface area (Å²) >= 11 is 0. The van der Waals surface area contributed by atoms with Crippen LogP contribution in [0.25, 0.3) is 0 Å². The molecule has 28 heavy (non-hydrogen) atoms. The Morgan fingerprint density at radius 2 is 1.93 bits per heavy atom. The minimum absolute atomic E-state index is 0.0552. The first-order chi connectivity index (χ1) is 13.2. The standard InChI is InChI=1S/C19H23F2N3O4/c1-11(2)6-15(19(27)28)23-7-13(18(25)26)16-8-22-10-24(16)9-12-4-3-5-14(20)17(12)21/h3-5,8,10-11,13,15,23H,6-7,9H2,1-2H3,(H,25,26)(H,27,28). The first-order valence-electron chi connectivity index (χ1n) is 8.82. The number of halogens is 2. The van der Waals surface area contributed by atoms with Crippen LogP contribution in [0.2, 0.25) is 0 Å². The van der Waals surface area contributed by atoms with Crippen LogP contribution in [-0.2, 0) is 16.1 Å². The van der Waals surface area contributed by atoms with E-state index in [1.165, 1.54) is 29.2 Å². The lowest BCUT2D eigenvalue weighted by Gasteiger charge is -2.20. The van der Waals surface area contributed by atoms with Crippen molar-refractivity contribution < 1.29 is 28.6 Å². The van der Waals surface area contributed by atoms with E-state index in [1.54, 1.807) is 0 Å². The van der Waals surface area contributed by atoms with Crippen LogP contribution in [0.15, 0.2) is 30.7 Å². The maximum absolute atomic E-state index is 13.9. The van der Waals surface area contributed by atoms with Gasteiger partial charge in [-0.1, -0.05) is 26.0 Å². The van der Waals surface area contributed by atoms with E-state index >= 15 is 0 Å². The molecule has 0 aliphatic carbocycles. The molecule has 3 N–H and O–H groups in total. The predicted octanol–water partition coefficient (Wildman–Crippen LogP) is 2.47. The number of aromatic nitrogens is 2. The molecule has 152 valence electrons. The van der Waals surface area contributed by atoms with Crippen molar-refractivity contribution in [3.05, 3.63) is 53.6 Å². The van der Waals surface area contributed by atoms with Crippen molar-refractivity contribution in [3.63, 3.8) is 0 Å². The number of carbonyl (C=O) groups is 2. The number of rotatable bonds is 10. The van der Waals surface area contributed by atoms with E-state index < -0.39 is 35.5 Å². The fourth-order valence-electron chi connectivity index (χ4n) is 2.93. The van der Waals surface area contributed by atoms with Crippen molar-refractivity contribution in [2.45, 2.75) is 38.8 Å². The third-order valence-corrected chi connectivity index (χ3v) is 4.35. The van der Waals surface area contributed by atoms with Gasteiger partial charge >= 0.3 is 11.9 Å². The molecule has 2 rings (SSSR count). The minimum atomic E-state index is -1.18. The van der Waals surface area contributed by atoms with Crippen molar-refractivity contribution in [2.24, 2.45) is 5.92 Å². The highest BCUT2D eigenvalue weighted by atomic mass is 19.2. The molecular weight excluding hydrogens is 372 g/mol. The van der Waals surface area contributed by atoms with Gasteiger partial charge in [0.15, 0.2) is 11.6 Å². The Hall–Kier alpha value is -2.81. The number of hydrogen-bond donors (Lipinski definition) is 3. The molecule has 0 aliphatic heterocycles. The van der Waals surface area contributed by atoms with E-state index in [0.717, 1.165) is 6.07 Å². The zero-order valence-electron chi connectivity index (χ0n) is 15.6. The first kappa shape index (κ1) is 21.5. The number of nitrogens with one attached hydrogen (secondary N) is 1. The van der Waals surface area contributed by atoms with Crippen LogP contribution in [-0.4, -0.2) is 44.3 Å². The highest BCUT2D eigenvalue weighted by Gasteiger charge is 2.27. The van der Waals surface area contributed by atoms with E-state index in [4.69, 9.17) is 0 Å². The van der Waals surface area contributed by atoms with Gasteiger partial charge in [-0.05, 0) is 18.4 Å². The Kier molecular flexibility index (Phi) is 7.22. The van der Waals surface area contributed by atoms with Crippen molar-refractivity contribution in [1.29, 1.82) is 0 Å². The molecule has 1 heterocycles. The molecule has 0 radical (unpaired) electrons. The van der Waals surface area contributed by atoms with Gasteiger partial charge in [-0.25, -0.2) is 13.8 Å². The molecule has 2 atom stereocenters. The maximum Gasteiger partial charge on any atom is 0.320 e. The van der Waals surface area contributed by atoms with Gasteiger partial charge in [0.2, 0.25) is 0 Å². The molecule has 7 nitrogen and oxygen atoms in total. The fourth-order valence-corrected chi connectivity index (χ4v) is 2.93. The van der Waals surface area contributed by atoms with E-state index in [1.807, 2.05) is 13.8 Å². The molecule has 0 amide bonds. The van der Waals surface area contributed by atoms with Gasteiger partial charge in [0.1, 0.15) is 12.0 Å². The molecule has 0 saturated heterocycles. The van der Waals surface area contributed by atoms with Crippen LogP contribution in [0.5, 0.6) is 0 Å². The van der Waals surface area contributed by atoms with Gasteiger partial charge in [-0.15, -0.1) is 0 Å². The van der Waals surface area contributed by atoms with E-state index in [-0.39, 0.29) is 30.3 Å². The Bertz CT molecular complexity index is 838. The molecule has 0 bridgehead atoms. The lowest BCUT2D eigenvalue weighted by atomic mass is 10.0. The van der Waals surface area contributed by atoms with Crippen LogP contribution in [0, 0.1) is 17.6 Å². The molecule has 2 unspecified atom stereocenters. The summed E-state index contributed by atoms with van der Waals surface area (Å²) in [6.07, 6.45) is 3.00. The lowest BCUT2D eigenvalue weighted by Crippen LogP contribution is -2.41. The monoisotopic (exact) mass is 395 g/mol. The van der Waals surface area contributed by atoms with Crippen LogP contribution in [0.3, 0.4) is 0 Å². The zero-order chi connectivity index (χ0) is 20.8. The number of imidazole rings is 1. The zero-order valence-corrected chi connectivity index (χ0v) is 15.6. The third-order valence-electron chi connectivity index (χ3n) is 4.35. The summed E-state index contributed by atoms with van der Waals surface area (Å²) in [6.45, 7) is 3.50. The number of carboxylic acids is 2. The van der Waals surface area contributed by atoms with Crippen molar-refractivity contribution in [1.82, 2.24) is 14.9 Å². The first-order valence-corrected chi connectivity index (χ1v) is 8.82. The summed E-state index contributed by atoms with van der Waals surface area (Å²) in [6, 6.07) is 2.88. The van der Waals surface area contributed by atoms with Gasteiger partial charge in [-0.3, -0.25) is 9.59 Å². The van der Waals surface area contributed by atoms with E-state index in [9.17, 15) is 28.6 Å². The summed E-state index contributed by atoms with van der Waals surface area (Å²) in [5.41, 5.74) is 0.317. The predicted molar refractivity (Wildman–Crippen MR) is 96.9 cm³/mol. The second kappa shape index (κ2) is 9.41. The summed E-state index contributed by atoms with van der Waals surface area (Å²) in [4.78, 5) is 27.1. The number of aliphatic carboxylic acids is 2. The topological polar surface area (TPSA) is 104 Å². The van der Waals surface area contributed by atoms with Crippen molar-refractivity contribution in [2.75, 3.05) is 6.54 Å². The Labute approximate surface area is 161 Å². The number of carboxylic acid groups (broad SMARTS) is 2. The number of hydrogen-bond acceptors (Lipinski definition) is 4. The highest BCUT2D eigenvalue weighted by Crippen LogP contribution is 2.19. The second-order valence-electron chi connectivity index (χ2n) is 6.98. The highest BCUT2D eigenvalue weighted by molar-refractivity contribution is 5.76. The van der Waals surface area contributed by atoms with Crippen LogP contribution in [0.4, 0.5) is 8.78 Å². The minimum Gasteiger partial charge on any atom is -0.481 e. The lowest BCUT2D eigenvalue weighted by molar-refractivity contribution is -0.142. The largest absolute Gasteiger partial charge is 0.481 e. The number of benzene rings is 1. The summed E-state index contributed by atoms with van der Waals surface area (Å²) in [5, 5.41) is 21.7. The maximum atomic E-state index is 13.9.